The van der Waals surface area contributed by atoms with Crippen LogP contribution in [0.2, 0.25) is 10.0 Å². The second-order valence-electron chi connectivity index (χ2n) is 4.41. The maximum absolute atomic E-state index is 12.6. The summed E-state index contributed by atoms with van der Waals surface area (Å²) in [5, 5.41) is 0.125. The van der Waals surface area contributed by atoms with Crippen LogP contribution in [0.4, 0.5) is 5.69 Å². The molecule has 23 heavy (non-hydrogen) atoms. The van der Waals surface area contributed by atoms with Crippen molar-refractivity contribution >= 4 is 44.8 Å². The number of amides is 1. The van der Waals surface area contributed by atoms with E-state index in [0.717, 1.165) is 0 Å². The minimum atomic E-state index is -4.08. The lowest BCUT2D eigenvalue weighted by molar-refractivity contribution is 0.100. The average molecular weight is 375 g/mol. The van der Waals surface area contributed by atoms with Gasteiger partial charge in [0.2, 0.25) is 0 Å². The molecule has 0 bridgehead atoms. The number of methoxy groups -OCH3 is 1. The number of nitrogens with two attached hydrogens (primary N) is 1. The fraction of sp³-hybridized carbons (Fsp3) is 0.0714. The number of carbonyl (C=O) groups excluding carboxylic acids is 1. The Bertz CT molecular complexity index is 869. The smallest absolute Gasteiger partial charge is 0.265 e. The fourth-order valence-corrected chi connectivity index (χ4v) is 3.60. The van der Waals surface area contributed by atoms with Gasteiger partial charge in [0.1, 0.15) is 9.92 Å². The van der Waals surface area contributed by atoms with Crippen LogP contribution in [0, 0.1) is 0 Å². The third-order valence-electron chi connectivity index (χ3n) is 2.94. The molecule has 6 nitrogen and oxygen atoms in total. The number of ether oxygens (including phenoxy) is 1. The zero-order chi connectivity index (χ0) is 17.2. The van der Waals surface area contributed by atoms with Gasteiger partial charge in [0.15, 0.2) is 5.75 Å². The quantitative estimate of drug-likeness (QED) is 0.840. The molecular weight excluding hydrogens is 363 g/mol. The van der Waals surface area contributed by atoms with Crippen LogP contribution < -0.4 is 15.2 Å². The number of carbonyl (C=O) groups is 1. The number of halogens is 2. The highest BCUT2D eigenvalue weighted by molar-refractivity contribution is 7.92. The molecule has 0 fully saturated rings. The third-order valence-corrected chi connectivity index (χ3v) is 5.12. The second kappa shape index (κ2) is 6.66. The Morgan fingerprint density at radius 2 is 1.83 bits per heavy atom. The van der Waals surface area contributed by atoms with Crippen molar-refractivity contribution in [2.45, 2.75) is 4.90 Å². The minimum absolute atomic E-state index is 0.0276. The van der Waals surface area contributed by atoms with Gasteiger partial charge >= 0.3 is 0 Å². The first-order chi connectivity index (χ1) is 10.8. The second-order valence-corrected chi connectivity index (χ2v) is 6.84. The Morgan fingerprint density at radius 1 is 1.17 bits per heavy atom. The van der Waals surface area contributed by atoms with Crippen LogP contribution in [-0.4, -0.2) is 21.4 Å². The van der Waals surface area contributed by atoms with Gasteiger partial charge in [0.25, 0.3) is 15.9 Å². The van der Waals surface area contributed by atoms with Gasteiger partial charge in [-0.3, -0.25) is 9.52 Å². The molecule has 2 rings (SSSR count). The predicted octanol–water partition coefficient (Wildman–Crippen LogP) is 2.90. The zero-order valence-electron chi connectivity index (χ0n) is 11.8. The molecule has 0 radical (unpaired) electrons. The van der Waals surface area contributed by atoms with E-state index in [9.17, 15) is 13.2 Å². The van der Waals surface area contributed by atoms with Gasteiger partial charge in [-0.1, -0.05) is 35.3 Å². The van der Waals surface area contributed by atoms with Crippen LogP contribution in [0.1, 0.15) is 10.4 Å². The molecule has 0 aliphatic heterocycles. The Morgan fingerprint density at radius 3 is 2.43 bits per heavy atom. The number of sulfonamides is 1. The summed E-state index contributed by atoms with van der Waals surface area (Å²) in [6.07, 6.45) is 0. The predicted molar refractivity (Wildman–Crippen MR) is 88.8 cm³/mol. The van der Waals surface area contributed by atoms with Crippen LogP contribution in [0.3, 0.4) is 0 Å². The van der Waals surface area contributed by atoms with E-state index in [4.69, 9.17) is 33.7 Å². The molecule has 0 unspecified atom stereocenters. The van der Waals surface area contributed by atoms with E-state index in [1.165, 1.54) is 31.4 Å². The lowest BCUT2D eigenvalue weighted by Crippen LogP contribution is -2.19. The Balaban J connectivity index is 2.53. The molecule has 122 valence electrons. The molecule has 9 heteroatoms. The highest BCUT2D eigenvalue weighted by Crippen LogP contribution is 2.38. The summed E-state index contributed by atoms with van der Waals surface area (Å²) >= 11 is 11.8. The Kier molecular flexibility index (Phi) is 5.03. The molecule has 0 saturated carbocycles. The highest BCUT2D eigenvalue weighted by atomic mass is 35.5. The lowest BCUT2D eigenvalue weighted by Gasteiger charge is -2.14. The molecule has 0 spiro atoms. The van der Waals surface area contributed by atoms with E-state index in [2.05, 4.69) is 4.72 Å². The Labute approximate surface area is 143 Å². The Hall–Kier alpha value is -1.96. The molecule has 0 heterocycles. The highest BCUT2D eigenvalue weighted by Gasteiger charge is 2.24. The van der Waals surface area contributed by atoms with Crippen molar-refractivity contribution in [3.63, 3.8) is 0 Å². The number of benzene rings is 2. The van der Waals surface area contributed by atoms with Gasteiger partial charge in [0.05, 0.1) is 23.4 Å². The van der Waals surface area contributed by atoms with E-state index in [1.54, 1.807) is 12.1 Å². The maximum Gasteiger partial charge on any atom is 0.265 e. The van der Waals surface area contributed by atoms with Crippen molar-refractivity contribution in [2.24, 2.45) is 5.73 Å². The number of hydrogen-bond acceptors (Lipinski definition) is 4. The standard InChI is InChI=1S/C14H12Cl2N2O4S/c1-22-13-11(7-6-9(15)12(13)16)23(20,21)18-10-5-3-2-4-8(10)14(17)19/h2-7,18H,1H3,(H2,17,19). The summed E-state index contributed by atoms with van der Waals surface area (Å²) in [6, 6.07) is 8.55. The molecule has 0 aromatic heterocycles. The fourth-order valence-electron chi connectivity index (χ4n) is 1.90. The molecule has 0 aliphatic carbocycles. The number of rotatable bonds is 5. The zero-order valence-corrected chi connectivity index (χ0v) is 14.2. The van der Waals surface area contributed by atoms with Gasteiger partial charge in [-0.2, -0.15) is 0 Å². The van der Waals surface area contributed by atoms with E-state index in [1.807, 2.05) is 0 Å². The van der Waals surface area contributed by atoms with Crippen molar-refractivity contribution in [3.05, 3.63) is 52.0 Å². The molecule has 0 atom stereocenters. The number of para-hydroxylation sites is 1. The summed E-state index contributed by atoms with van der Waals surface area (Å²) in [4.78, 5) is 11.2. The third kappa shape index (κ3) is 3.52. The average Bonchev–Trinajstić information content (AvgIpc) is 2.49. The van der Waals surface area contributed by atoms with E-state index >= 15 is 0 Å². The molecule has 0 saturated heterocycles. The number of anilines is 1. The number of nitrogens with one attached hydrogen (secondary N) is 1. The van der Waals surface area contributed by atoms with E-state index in [0.29, 0.717) is 0 Å². The van der Waals surface area contributed by atoms with Gasteiger partial charge in [0, 0.05) is 0 Å². The minimum Gasteiger partial charge on any atom is -0.494 e. The molecule has 3 N–H and O–H groups in total. The monoisotopic (exact) mass is 374 g/mol. The van der Waals surface area contributed by atoms with E-state index in [-0.39, 0.29) is 31.9 Å². The van der Waals surface area contributed by atoms with Crippen molar-refractivity contribution in [1.82, 2.24) is 0 Å². The van der Waals surface area contributed by atoms with Gasteiger partial charge < -0.3 is 10.5 Å². The number of primary amides is 1. The van der Waals surface area contributed by atoms with E-state index < -0.39 is 15.9 Å². The van der Waals surface area contributed by atoms with Crippen molar-refractivity contribution < 1.29 is 17.9 Å². The molecule has 0 aliphatic rings. The van der Waals surface area contributed by atoms with Crippen LogP contribution in [0.25, 0.3) is 0 Å². The maximum atomic E-state index is 12.6. The summed E-state index contributed by atoms with van der Waals surface area (Å²) in [5.74, 6) is -0.854. The molecule has 2 aromatic carbocycles. The first-order valence-corrected chi connectivity index (χ1v) is 8.45. The van der Waals surface area contributed by atoms with Crippen molar-refractivity contribution in [3.8, 4) is 5.75 Å². The van der Waals surface area contributed by atoms with Crippen LogP contribution in [0.15, 0.2) is 41.3 Å². The lowest BCUT2D eigenvalue weighted by atomic mass is 10.2. The van der Waals surface area contributed by atoms with Crippen LogP contribution in [-0.2, 0) is 10.0 Å². The van der Waals surface area contributed by atoms with Crippen molar-refractivity contribution in [1.29, 1.82) is 0 Å². The molecule has 2 aromatic rings. The largest absolute Gasteiger partial charge is 0.494 e. The van der Waals surface area contributed by atoms with Gasteiger partial charge in [-0.25, -0.2) is 8.42 Å². The van der Waals surface area contributed by atoms with Gasteiger partial charge in [-0.15, -0.1) is 0 Å². The normalized spacial score (nSPS) is 11.1. The summed E-state index contributed by atoms with van der Waals surface area (Å²) in [6.45, 7) is 0. The van der Waals surface area contributed by atoms with Crippen molar-refractivity contribution in [2.75, 3.05) is 11.8 Å². The molecule has 1 amide bonds. The summed E-state index contributed by atoms with van der Waals surface area (Å²) in [7, 11) is -2.81. The SMILES string of the molecule is COc1c(S(=O)(=O)Nc2ccccc2C(N)=O)ccc(Cl)c1Cl. The summed E-state index contributed by atoms with van der Waals surface area (Å²) < 4.78 is 32.5. The van der Waals surface area contributed by atoms with Crippen LogP contribution in [0.5, 0.6) is 5.75 Å². The summed E-state index contributed by atoms with van der Waals surface area (Å²) in [5.41, 5.74) is 5.32. The molecular formula is C14H12Cl2N2O4S. The van der Waals surface area contributed by atoms with Gasteiger partial charge in [-0.05, 0) is 24.3 Å². The van der Waals surface area contributed by atoms with Crippen LogP contribution >= 0.6 is 23.2 Å². The topological polar surface area (TPSA) is 98.5 Å². The first kappa shape index (κ1) is 17.4. The number of hydrogen-bond donors (Lipinski definition) is 2. The first-order valence-electron chi connectivity index (χ1n) is 6.21.